The minimum Gasteiger partial charge on any atom is -0.309 e. The fourth-order valence-electron chi connectivity index (χ4n) is 13.1. The first-order chi connectivity index (χ1) is 31.7. The number of hydrogen-bond acceptors (Lipinski definition) is 1. The smallest absolute Gasteiger partial charge is 0.0726 e. The van der Waals surface area contributed by atoms with Crippen molar-refractivity contribution in [1.82, 2.24) is 0 Å². The molecule has 0 aromatic heterocycles. The first-order valence-corrected chi connectivity index (χ1v) is 24.4. The van der Waals surface area contributed by atoms with Crippen molar-refractivity contribution in [3.63, 3.8) is 0 Å². The van der Waals surface area contributed by atoms with Crippen molar-refractivity contribution >= 4 is 17.1 Å². The molecule has 0 atom stereocenters. The van der Waals surface area contributed by atoms with Crippen molar-refractivity contribution in [1.29, 1.82) is 0 Å². The Bertz CT molecular complexity index is 3210. The molecule has 0 N–H and O–H groups in total. The Hall–Kier alpha value is -6.44. The summed E-state index contributed by atoms with van der Waals surface area (Å²) in [5.41, 5.74) is 24.9. The first-order valence-electron chi connectivity index (χ1n) is 24.4. The minimum absolute atomic E-state index is 0.0117. The molecule has 0 bridgehead atoms. The molecular weight excluding hydrogens is 795 g/mol. The van der Waals surface area contributed by atoms with E-state index < -0.39 is 5.41 Å². The van der Waals surface area contributed by atoms with Gasteiger partial charge in [-0.15, -0.1) is 0 Å². The number of benzene rings is 8. The highest BCUT2D eigenvalue weighted by Crippen LogP contribution is 2.65. The molecule has 66 heavy (non-hydrogen) atoms. The maximum atomic E-state index is 2.71. The molecule has 0 heterocycles. The Morgan fingerprint density at radius 1 is 0.318 bits per heavy atom. The second-order valence-electron chi connectivity index (χ2n) is 22.5. The molecule has 8 aromatic rings. The third-order valence-corrected chi connectivity index (χ3v) is 16.8. The van der Waals surface area contributed by atoms with E-state index in [0.717, 1.165) is 12.8 Å². The summed E-state index contributed by atoms with van der Waals surface area (Å²) in [5, 5.41) is 0. The molecule has 12 rings (SSSR count). The Balaban J connectivity index is 1.27. The van der Waals surface area contributed by atoms with E-state index in [1.54, 1.807) is 0 Å². The first kappa shape index (κ1) is 41.0. The van der Waals surface area contributed by atoms with Gasteiger partial charge in [0.05, 0.1) is 16.8 Å². The molecule has 1 spiro atoms. The third-order valence-electron chi connectivity index (χ3n) is 16.8. The molecule has 1 heteroatoms. The van der Waals surface area contributed by atoms with Crippen molar-refractivity contribution in [2.45, 2.75) is 108 Å². The van der Waals surface area contributed by atoms with E-state index in [1.165, 1.54) is 119 Å². The summed E-state index contributed by atoms with van der Waals surface area (Å²) in [6.07, 6.45) is 4.61. The standard InChI is InChI=1S/C65H61N/c1-61(2)35-36-63(5,6)57-39-43(31-33-54(57)61)49-40-50-48-27-17-20-30-53(48)65(51-28-18-15-25-46(51)47-26-16-19-29-52(47)65)56(50)41-58(49)66(44-23-13-10-14-24-44)60-45(42-21-11-9-12-22-42)32-34-55-59(60)64(7,8)38-37-62(55,3)4/h9-34,39-41H,35-38H2,1-8H3. The molecule has 0 amide bonds. The summed E-state index contributed by atoms with van der Waals surface area (Å²) < 4.78 is 0. The van der Waals surface area contributed by atoms with Gasteiger partial charge < -0.3 is 4.90 Å². The minimum atomic E-state index is -0.490. The molecule has 1 nitrogen and oxygen atoms in total. The second-order valence-corrected chi connectivity index (χ2v) is 22.5. The summed E-state index contributed by atoms with van der Waals surface area (Å²) in [6.45, 7) is 19.7. The van der Waals surface area contributed by atoms with Crippen LogP contribution in [-0.4, -0.2) is 0 Å². The van der Waals surface area contributed by atoms with Crippen molar-refractivity contribution in [3.8, 4) is 44.5 Å². The Morgan fingerprint density at radius 3 is 1.41 bits per heavy atom. The van der Waals surface area contributed by atoms with E-state index in [4.69, 9.17) is 0 Å². The zero-order valence-electron chi connectivity index (χ0n) is 40.0. The number of fused-ring (bicyclic) bond motifs is 12. The zero-order valence-corrected chi connectivity index (χ0v) is 40.0. The number of rotatable bonds is 5. The van der Waals surface area contributed by atoms with Crippen LogP contribution < -0.4 is 4.90 Å². The molecule has 0 saturated carbocycles. The fourth-order valence-corrected chi connectivity index (χ4v) is 13.1. The van der Waals surface area contributed by atoms with Crippen LogP contribution in [-0.2, 0) is 27.1 Å². The van der Waals surface area contributed by atoms with Crippen LogP contribution in [0.4, 0.5) is 17.1 Å². The topological polar surface area (TPSA) is 3.24 Å². The molecule has 326 valence electrons. The van der Waals surface area contributed by atoms with Gasteiger partial charge in [0, 0.05) is 16.8 Å². The van der Waals surface area contributed by atoms with Gasteiger partial charge in [-0.05, 0) is 149 Å². The summed E-state index contributed by atoms with van der Waals surface area (Å²) in [6, 6.07) is 67.9. The van der Waals surface area contributed by atoms with Gasteiger partial charge in [-0.1, -0.05) is 207 Å². The number of nitrogens with zero attached hydrogens (tertiary/aromatic N) is 1. The Morgan fingerprint density at radius 2 is 0.803 bits per heavy atom. The lowest BCUT2D eigenvalue weighted by atomic mass is 9.62. The average Bonchev–Trinajstić information content (AvgIpc) is 3.79. The number of hydrogen-bond donors (Lipinski definition) is 0. The van der Waals surface area contributed by atoms with Crippen molar-refractivity contribution in [2.24, 2.45) is 0 Å². The van der Waals surface area contributed by atoms with Crippen molar-refractivity contribution in [2.75, 3.05) is 4.90 Å². The van der Waals surface area contributed by atoms with E-state index in [2.05, 4.69) is 236 Å². The molecule has 0 saturated heterocycles. The predicted molar refractivity (Wildman–Crippen MR) is 279 cm³/mol. The van der Waals surface area contributed by atoms with Crippen LogP contribution in [0.3, 0.4) is 0 Å². The lowest BCUT2D eigenvalue weighted by Gasteiger charge is -2.46. The van der Waals surface area contributed by atoms with Crippen molar-refractivity contribution < 1.29 is 0 Å². The highest BCUT2D eigenvalue weighted by Gasteiger charge is 2.52. The monoisotopic (exact) mass is 855 g/mol. The van der Waals surface area contributed by atoms with Crippen LogP contribution in [0.15, 0.2) is 176 Å². The summed E-state index contributed by atoms with van der Waals surface area (Å²) in [7, 11) is 0. The molecule has 4 aliphatic rings. The largest absolute Gasteiger partial charge is 0.309 e. The highest BCUT2D eigenvalue weighted by molar-refractivity contribution is 6.02. The maximum Gasteiger partial charge on any atom is 0.0726 e. The zero-order chi connectivity index (χ0) is 45.4. The second kappa shape index (κ2) is 14.3. The van der Waals surface area contributed by atoms with Gasteiger partial charge >= 0.3 is 0 Å². The SMILES string of the molecule is CC1(C)CCC(C)(C)c2cc(-c3cc4c(cc3N(c3ccccc3)c3c(-c5ccccc5)ccc5c3C(C)(C)CCC5(C)C)C3(c5ccccc5-c5ccccc53)c3ccccc3-4)ccc21. The van der Waals surface area contributed by atoms with E-state index in [1.807, 2.05) is 0 Å². The van der Waals surface area contributed by atoms with E-state index in [0.29, 0.717) is 0 Å². The number of anilines is 3. The van der Waals surface area contributed by atoms with Crippen LogP contribution >= 0.6 is 0 Å². The fraction of sp³-hybridized carbons (Fsp3) is 0.262. The van der Waals surface area contributed by atoms with Gasteiger partial charge in [0.1, 0.15) is 0 Å². The molecular formula is C65H61N. The normalized spacial score (nSPS) is 18.1. The van der Waals surface area contributed by atoms with Gasteiger partial charge in [0.15, 0.2) is 0 Å². The molecule has 8 aromatic carbocycles. The number of para-hydroxylation sites is 1. The summed E-state index contributed by atoms with van der Waals surface area (Å²) in [5.74, 6) is 0. The van der Waals surface area contributed by atoms with Crippen LogP contribution in [0.25, 0.3) is 44.5 Å². The van der Waals surface area contributed by atoms with Gasteiger partial charge in [-0.25, -0.2) is 0 Å². The average molecular weight is 856 g/mol. The molecule has 0 unspecified atom stereocenters. The van der Waals surface area contributed by atoms with Crippen LogP contribution in [0.1, 0.15) is 126 Å². The van der Waals surface area contributed by atoms with E-state index in [9.17, 15) is 0 Å². The maximum absolute atomic E-state index is 2.71. The van der Waals surface area contributed by atoms with Gasteiger partial charge in [0.2, 0.25) is 0 Å². The van der Waals surface area contributed by atoms with Gasteiger partial charge in [-0.3, -0.25) is 0 Å². The predicted octanol–water partition coefficient (Wildman–Crippen LogP) is 17.5. The van der Waals surface area contributed by atoms with Gasteiger partial charge in [0.25, 0.3) is 0 Å². The van der Waals surface area contributed by atoms with Crippen LogP contribution in [0, 0.1) is 0 Å². The Kier molecular flexibility index (Phi) is 8.88. The highest BCUT2D eigenvalue weighted by atomic mass is 15.2. The molecule has 0 aliphatic heterocycles. The van der Waals surface area contributed by atoms with Crippen LogP contribution in [0.2, 0.25) is 0 Å². The van der Waals surface area contributed by atoms with Gasteiger partial charge in [-0.2, -0.15) is 0 Å². The van der Waals surface area contributed by atoms with Crippen LogP contribution in [0.5, 0.6) is 0 Å². The van der Waals surface area contributed by atoms with E-state index >= 15 is 0 Å². The van der Waals surface area contributed by atoms with Crippen molar-refractivity contribution in [3.05, 3.63) is 220 Å². The molecule has 4 aliphatic carbocycles. The molecule has 0 radical (unpaired) electrons. The quantitative estimate of drug-likeness (QED) is 0.167. The lowest BCUT2D eigenvalue weighted by molar-refractivity contribution is 0.332. The molecule has 0 fully saturated rings. The summed E-state index contributed by atoms with van der Waals surface area (Å²) >= 11 is 0. The van der Waals surface area contributed by atoms with E-state index in [-0.39, 0.29) is 21.7 Å². The Labute approximate surface area is 393 Å². The summed E-state index contributed by atoms with van der Waals surface area (Å²) in [4.78, 5) is 2.71. The third kappa shape index (κ3) is 5.78. The lowest BCUT2D eigenvalue weighted by Crippen LogP contribution is -2.35.